The first-order valence-electron chi connectivity index (χ1n) is 4.92. The maximum Gasteiger partial charge on any atom is 0.147 e. The minimum atomic E-state index is 0.360. The second-order valence-electron chi connectivity index (χ2n) is 3.46. The van der Waals surface area contributed by atoms with Gasteiger partial charge in [-0.25, -0.2) is 0 Å². The molecule has 2 nitrogen and oxygen atoms in total. The van der Waals surface area contributed by atoms with Crippen LogP contribution in [-0.4, -0.2) is 4.98 Å². The minimum absolute atomic E-state index is 0.360. The normalized spacial score (nSPS) is 10.4. The quantitative estimate of drug-likeness (QED) is 0.544. The highest BCUT2D eigenvalue weighted by molar-refractivity contribution is 6.43. The van der Waals surface area contributed by atoms with E-state index in [9.17, 15) is 0 Å². The number of nitrogens with zero attached hydrogens (tertiary/aromatic N) is 1. The van der Waals surface area contributed by atoms with E-state index in [1.54, 1.807) is 24.5 Å². The van der Waals surface area contributed by atoms with Crippen molar-refractivity contribution < 1.29 is 4.74 Å². The zero-order chi connectivity index (χ0) is 13.1. The molecule has 6 heteroatoms. The van der Waals surface area contributed by atoms with E-state index in [0.29, 0.717) is 32.4 Å². The fourth-order valence-corrected chi connectivity index (χ4v) is 2.02. The van der Waals surface area contributed by atoms with Crippen LogP contribution in [-0.2, 0) is 5.88 Å². The molecule has 1 heterocycles. The van der Waals surface area contributed by atoms with Crippen LogP contribution in [0.4, 0.5) is 0 Å². The number of hydrogen-bond acceptors (Lipinski definition) is 2. The molecule has 0 N–H and O–H groups in total. The average Bonchev–Trinajstić information content (AvgIpc) is 2.36. The zero-order valence-electron chi connectivity index (χ0n) is 8.96. The summed E-state index contributed by atoms with van der Waals surface area (Å²) in [7, 11) is 0. The van der Waals surface area contributed by atoms with Crippen LogP contribution in [0.1, 0.15) is 5.56 Å². The number of benzene rings is 1. The predicted octanol–water partition coefficient (Wildman–Crippen LogP) is 5.57. The van der Waals surface area contributed by atoms with Gasteiger partial charge in [-0.1, -0.05) is 34.8 Å². The molecule has 2 rings (SSSR count). The molecule has 0 saturated carbocycles. The molecule has 0 atom stereocenters. The van der Waals surface area contributed by atoms with E-state index in [-0.39, 0.29) is 0 Å². The molecule has 0 aliphatic carbocycles. The van der Waals surface area contributed by atoms with Gasteiger partial charge in [0.1, 0.15) is 11.5 Å². The molecule has 18 heavy (non-hydrogen) atoms. The second-order valence-corrected chi connectivity index (χ2v) is 4.95. The van der Waals surface area contributed by atoms with Crippen LogP contribution in [0.5, 0.6) is 11.5 Å². The number of halogens is 4. The van der Waals surface area contributed by atoms with E-state index < -0.39 is 0 Å². The summed E-state index contributed by atoms with van der Waals surface area (Å²) in [6.45, 7) is 0. The fourth-order valence-electron chi connectivity index (χ4n) is 1.30. The van der Waals surface area contributed by atoms with Crippen molar-refractivity contribution in [2.45, 2.75) is 5.88 Å². The lowest BCUT2D eigenvalue weighted by Gasteiger charge is -2.09. The Kier molecular flexibility index (Phi) is 4.57. The van der Waals surface area contributed by atoms with Gasteiger partial charge in [0, 0.05) is 18.1 Å². The summed E-state index contributed by atoms with van der Waals surface area (Å²) >= 11 is 23.5. The van der Waals surface area contributed by atoms with Gasteiger partial charge in [-0.2, -0.15) is 0 Å². The Morgan fingerprint density at radius 1 is 0.944 bits per heavy atom. The molecular weight excluding hydrogens is 316 g/mol. The Morgan fingerprint density at radius 3 is 2.39 bits per heavy atom. The molecule has 0 spiro atoms. The molecule has 0 radical (unpaired) electrons. The van der Waals surface area contributed by atoms with Gasteiger partial charge in [-0.05, 0) is 17.7 Å². The van der Waals surface area contributed by atoms with Crippen molar-refractivity contribution in [2.75, 3.05) is 0 Å². The maximum absolute atomic E-state index is 6.01. The largest absolute Gasteiger partial charge is 0.454 e. The third-order valence-corrected chi connectivity index (χ3v) is 3.45. The van der Waals surface area contributed by atoms with Gasteiger partial charge < -0.3 is 4.74 Å². The number of aromatic nitrogens is 1. The highest BCUT2D eigenvalue weighted by Crippen LogP contribution is 2.36. The van der Waals surface area contributed by atoms with Gasteiger partial charge in [-0.3, -0.25) is 4.98 Å². The standard InChI is InChI=1S/C12H7Cl4NO/c13-4-7-1-8(6-17-5-7)18-12-3-10(15)9(14)2-11(12)16/h1-3,5-6H,4H2. The summed E-state index contributed by atoms with van der Waals surface area (Å²) in [5.41, 5.74) is 0.852. The number of alkyl halides is 1. The van der Waals surface area contributed by atoms with Gasteiger partial charge in [-0.15, -0.1) is 11.6 Å². The first-order chi connectivity index (χ1) is 8.60. The summed E-state index contributed by atoms with van der Waals surface area (Å²) in [4.78, 5) is 4.01. The Morgan fingerprint density at radius 2 is 1.67 bits per heavy atom. The lowest BCUT2D eigenvalue weighted by Crippen LogP contribution is -1.89. The monoisotopic (exact) mass is 321 g/mol. The fraction of sp³-hybridized carbons (Fsp3) is 0.0833. The third-order valence-electron chi connectivity index (χ3n) is 2.13. The first kappa shape index (κ1) is 13.8. The Bertz CT molecular complexity index is 574. The number of pyridine rings is 1. The molecular formula is C12H7Cl4NO. The summed E-state index contributed by atoms with van der Waals surface area (Å²) < 4.78 is 5.59. The second kappa shape index (κ2) is 5.98. The Balaban J connectivity index is 2.30. The van der Waals surface area contributed by atoms with Crippen LogP contribution in [0, 0.1) is 0 Å². The average molecular weight is 323 g/mol. The molecule has 0 saturated heterocycles. The van der Waals surface area contributed by atoms with Gasteiger partial charge in [0.2, 0.25) is 0 Å². The van der Waals surface area contributed by atoms with Gasteiger partial charge in [0.25, 0.3) is 0 Å². The van der Waals surface area contributed by atoms with Gasteiger partial charge in [0.15, 0.2) is 0 Å². The van der Waals surface area contributed by atoms with Crippen molar-refractivity contribution in [1.29, 1.82) is 0 Å². The van der Waals surface area contributed by atoms with Crippen LogP contribution >= 0.6 is 46.4 Å². The van der Waals surface area contributed by atoms with Crippen LogP contribution in [0.3, 0.4) is 0 Å². The molecule has 1 aromatic heterocycles. The highest BCUT2D eigenvalue weighted by atomic mass is 35.5. The molecule has 0 aliphatic heterocycles. The van der Waals surface area contributed by atoms with E-state index in [1.807, 2.05) is 0 Å². The van der Waals surface area contributed by atoms with E-state index >= 15 is 0 Å². The lowest BCUT2D eigenvalue weighted by molar-refractivity contribution is 0.480. The van der Waals surface area contributed by atoms with Crippen molar-refractivity contribution in [3.05, 3.63) is 51.2 Å². The lowest BCUT2D eigenvalue weighted by atomic mass is 10.3. The maximum atomic E-state index is 6.01. The van der Waals surface area contributed by atoms with Crippen molar-refractivity contribution in [3.63, 3.8) is 0 Å². The number of ether oxygens (including phenoxy) is 1. The molecule has 0 fully saturated rings. The van der Waals surface area contributed by atoms with Crippen LogP contribution < -0.4 is 4.74 Å². The van der Waals surface area contributed by atoms with Crippen LogP contribution in [0.25, 0.3) is 0 Å². The smallest absolute Gasteiger partial charge is 0.147 e. The predicted molar refractivity (Wildman–Crippen MR) is 75.3 cm³/mol. The van der Waals surface area contributed by atoms with Crippen LogP contribution in [0.15, 0.2) is 30.6 Å². The van der Waals surface area contributed by atoms with Crippen LogP contribution in [0.2, 0.25) is 15.1 Å². The van der Waals surface area contributed by atoms with Crippen molar-refractivity contribution in [2.24, 2.45) is 0 Å². The Labute approximate surface area is 124 Å². The SMILES string of the molecule is ClCc1cncc(Oc2cc(Cl)c(Cl)cc2Cl)c1. The minimum Gasteiger partial charge on any atom is -0.454 e. The molecule has 1 aromatic carbocycles. The first-order valence-corrected chi connectivity index (χ1v) is 6.59. The van der Waals surface area contributed by atoms with E-state index in [1.165, 1.54) is 6.07 Å². The summed E-state index contributed by atoms with van der Waals surface area (Å²) in [5, 5.41) is 1.12. The van der Waals surface area contributed by atoms with Gasteiger partial charge in [0.05, 0.1) is 21.3 Å². The molecule has 94 valence electrons. The molecule has 0 aliphatic rings. The molecule has 2 aromatic rings. The Hall–Kier alpha value is -0.670. The van der Waals surface area contributed by atoms with E-state index in [2.05, 4.69) is 4.98 Å². The van der Waals surface area contributed by atoms with Crippen molar-refractivity contribution >= 4 is 46.4 Å². The topological polar surface area (TPSA) is 22.1 Å². The van der Waals surface area contributed by atoms with Crippen molar-refractivity contribution in [3.8, 4) is 11.5 Å². The van der Waals surface area contributed by atoms with Crippen molar-refractivity contribution in [1.82, 2.24) is 4.98 Å². The zero-order valence-corrected chi connectivity index (χ0v) is 12.0. The molecule has 0 bridgehead atoms. The number of hydrogen-bond donors (Lipinski definition) is 0. The third kappa shape index (κ3) is 3.21. The van der Waals surface area contributed by atoms with E-state index in [4.69, 9.17) is 51.1 Å². The summed E-state index contributed by atoms with van der Waals surface area (Å²) in [6.07, 6.45) is 3.23. The van der Waals surface area contributed by atoms with Gasteiger partial charge >= 0.3 is 0 Å². The highest BCUT2D eigenvalue weighted by Gasteiger charge is 2.08. The summed E-state index contributed by atoms with van der Waals surface area (Å²) in [5.74, 6) is 1.31. The number of rotatable bonds is 3. The summed E-state index contributed by atoms with van der Waals surface area (Å²) in [6, 6.07) is 4.86. The molecule has 0 amide bonds. The molecule has 0 unspecified atom stereocenters. The van der Waals surface area contributed by atoms with E-state index in [0.717, 1.165) is 5.56 Å².